The number of alkyl halides is 3. The van der Waals surface area contributed by atoms with E-state index in [0.717, 1.165) is 17.7 Å². The van der Waals surface area contributed by atoms with Crippen molar-refractivity contribution in [1.82, 2.24) is 4.98 Å². The predicted molar refractivity (Wildman–Crippen MR) is 79.3 cm³/mol. The lowest BCUT2D eigenvalue weighted by atomic mass is 10.1. The predicted octanol–water partition coefficient (Wildman–Crippen LogP) is 5.05. The van der Waals surface area contributed by atoms with Crippen LogP contribution in [0.4, 0.5) is 13.2 Å². The Morgan fingerprint density at radius 2 is 1.95 bits per heavy atom. The summed E-state index contributed by atoms with van der Waals surface area (Å²) in [5.41, 5.74) is 1.18. The van der Waals surface area contributed by atoms with Crippen molar-refractivity contribution < 1.29 is 21.5 Å². The number of hydrogen-bond acceptors (Lipinski definition) is 4. The number of aromatic nitrogens is 1. The molecule has 1 aromatic heterocycles. The van der Waals surface area contributed by atoms with Crippen LogP contribution in [0.5, 0.6) is 5.75 Å². The second-order valence-corrected chi connectivity index (χ2v) is 5.03. The zero-order chi connectivity index (χ0) is 16.2. The summed E-state index contributed by atoms with van der Waals surface area (Å²) in [4.78, 5) is 4.22. The Balaban J connectivity index is 2.40. The standard InChI is InChI=1S/C15H14F3NO2S/c1-3-20-22-21-14-8-11(15(16,17)18)5-6-12(14)13-7-4-10(2)9-19-13/h4-9H,3H2,1-2H3. The van der Waals surface area contributed by atoms with E-state index in [4.69, 9.17) is 8.37 Å². The largest absolute Gasteiger partial charge is 0.416 e. The molecule has 0 radical (unpaired) electrons. The molecule has 0 fully saturated rings. The second-order valence-electron chi connectivity index (χ2n) is 4.49. The SMILES string of the molecule is CCOSOc1cc(C(F)(F)F)ccc1-c1ccc(C)cn1. The molecular formula is C15H14F3NO2S. The molecule has 118 valence electrons. The lowest BCUT2D eigenvalue weighted by molar-refractivity contribution is -0.137. The first-order valence-electron chi connectivity index (χ1n) is 6.52. The number of nitrogens with zero attached hydrogens (tertiary/aromatic N) is 1. The van der Waals surface area contributed by atoms with Gasteiger partial charge >= 0.3 is 6.18 Å². The Morgan fingerprint density at radius 1 is 1.18 bits per heavy atom. The smallest absolute Gasteiger partial charge is 0.400 e. The summed E-state index contributed by atoms with van der Waals surface area (Å²) in [6.45, 7) is 4.01. The van der Waals surface area contributed by atoms with E-state index < -0.39 is 11.7 Å². The molecule has 1 aromatic carbocycles. The fraction of sp³-hybridized carbons (Fsp3) is 0.267. The number of rotatable bonds is 5. The Morgan fingerprint density at radius 3 is 2.55 bits per heavy atom. The van der Waals surface area contributed by atoms with Gasteiger partial charge in [-0.3, -0.25) is 9.17 Å². The van der Waals surface area contributed by atoms with Crippen molar-refractivity contribution in [1.29, 1.82) is 0 Å². The summed E-state index contributed by atoms with van der Waals surface area (Å²) in [6.07, 6.45) is -2.79. The van der Waals surface area contributed by atoms with Crippen molar-refractivity contribution in [2.24, 2.45) is 0 Å². The molecule has 0 saturated heterocycles. The summed E-state index contributed by atoms with van der Waals surface area (Å²) in [5.74, 6) is 0.0598. The Hall–Kier alpha value is -1.73. The van der Waals surface area contributed by atoms with Gasteiger partial charge in [0.2, 0.25) is 12.3 Å². The van der Waals surface area contributed by atoms with Gasteiger partial charge in [-0.05, 0) is 43.7 Å². The molecule has 0 bridgehead atoms. The number of aryl methyl sites for hydroxylation is 1. The minimum absolute atomic E-state index is 0.0598. The van der Waals surface area contributed by atoms with Gasteiger partial charge in [-0.1, -0.05) is 6.07 Å². The highest BCUT2D eigenvalue weighted by molar-refractivity contribution is 7.90. The van der Waals surface area contributed by atoms with Gasteiger partial charge in [-0.15, -0.1) is 0 Å². The van der Waals surface area contributed by atoms with Crippen LogP contribution in [0.25, 0.3) is 11.3 Å². The minimum Gasteiger partial charge on any atom is -0.400 e. The Kier molecular flexibility index (Phi) is 5.31. The lowest BCUT2D eigenvalue weighted by Gasteiger charge is -2.13. The Bertz CT molecular complexity index is 630. The number of benzene rings is 1. The van der Waals surface area contributed by atoms with Gasteiger partial charge in [0.05, 0.1) is 17.9 Å². The van der Waals surface area contributed by atoms with Crippen LogP contribution >= 0.6 is 12.3 Å². The molecule has 22 heavy (non-hydrogen) atoms. The van der Waals surface area contributed by atoms with E-state index in [1.54, 1.807) is 19.2 Å². The highest BCUT2D eigenvalue weighted by Crippen LogP contribution is 2.37. The molecule has 0 aliphatic heterocycles. The van der Waals surface area contributed by atoms with Crippen molar-refractivity contribution in [3.8, 4) is 17.0 Å². The van der Waals surface area contributed by atoms with Crippen LogP contribution in [0.3, 0.4) is 0 Å². The molecule has 3 nitrogen and oxygen atoms in total. The van der Waals surface area contributed by atoms with Gasteiger partial charge in [-0.25, -0.2) is 0 Å². The molecule has 0 amide bonds. The maximum absolute atomic E-state index is 12.8. The van der Waals surface area contributed by atoms with Crippen LogP contribution in [0.2, 0.25) is 0 Å². The average Bonchev–Trinajstić information content (AvgIpc) is 2.47. The Labute approximate surface area is 130 Å². The van der Waals surface area contributed by atoms with Gasteiger partial charge in [0.1, 0.15) is 5.75 Å². The third-order valence-corrected chi connectivity index (χ3v) is 3.37. The summed E-state index contributed by atoms with van der Waals surface area (Å²) in [5, 5.41) is 0. The first kappa shape index (κ1) is 16.6. The van der Waals surface area contributed by atoms with Gasteiger partial charge in [0, 0.05) is 11.8 Å². The molecule has 0 atom stereocenters. The van der Waals surface area contributed by atoms with Gasteiger partial charge in [0.25, 0.3) is 0 Å². The van der Waals surface area contributed by atoms with Gasteiger partial charge in [-0.2, -0.15) is 13.2 Å². The van der Waals surface area contributed by atoms with Crippen LogP contribution in [0, 0.1) is 6.92 Å². The first-order valence-corrected chi connectivity index (χ1v) is 7.19. The molecule has 0 aliphatic carbocycles. The zero-order valence-corrected chi connectivity index (χ0v) is 12.8. The summed E-state index contributed by atoms with van der Waals surface area (Å²) in [7, 11) is 0. The van der Waals surface area contributed by atoms with E-state index in [9.17, 15) is 13.2 Å². The van der Waals surface area contributed by atoms with Crippen molar-refractivity contribution in [3.05, 3.63) is 47.7 Å². The zero-order valence-electron chi connectivity index (χ0n) is 12.0. The molecule has 7 heteroatoms. The molecule has 2 aromatic rings. The van der Waals surface area contributed by atoms with E-state index in [-0.39, 0.29) is 5.75 Å². The average molecular weight is 329 g/mol. The van der Waals surface area contributed by atoms with E-state index >= 15 is 0 Å². The monoisotopic (exact) mass is 329 g/mol. The van der Waals surface area contributed by atoms with Crippen molar-refractivity contribution in [3.63, 3.8) is 0 Å². The summed E-state index contributed by atoms with van der Waals surface area (Å²) >= 11 is 0.643. The van der Waals surface area contributed by atoms with Crippen molar-refractivity contribution >= 4 is 12.3 Å². The number of hydrogen-bond donors (Lipinski definition) is 0. The molecule has 0 spiro atoms. The van der Waals surface area contributed by atoms with Crippen molar-refractivity contribution in [2.75, 3.05) is 6.61 Å². The van der Waals surface area contributed by atoms with Crippen LogP contribution < -0.4 is 4.18 Å². The van der Waals surface area contributed by atoms with Crippen LogP contribution in [-0.4, -0.2) is 11.6 Å². The third kappa shape index (κ3) is 4.14. The lowest BCUT2D eigenvalue weighted by Crippen LogP contribution is -2.05. The molecule has 0 aliphatic rings. The van der Waals surface area contributed by atoms with E-state index in [1.807, 2.05) is 13.0 Å². The van der Waals surface area contributed by atoms with Gasteiger partial charge in [0.15, 0.2) is 0 Å². The first-order chi connectivity index (χ1) is 10.4. The summed E-state index contributed by atoms with van der Waals surface area (Å²) < 4.78 is 48.7. The highest BCUT2D eigenvalue weighted by atomic mass is 32.2. The maximum Gasteiger partial charge on any atom is 0.416 e. The normalized spacial score (nSPS) is 11.5. The molecule has 0 saturated carbocycles. The third-order valence-electron chi connectivity index (χ3n) is 2.79. The topological polar surface area (TPSA) is 31.4 Å². The second kappa shape index (κ2) is 7.02. The molecule has 0 unspecified atom stereocenters. The van der Waals surface area contributed by atoms with E-state index in [1.165, 1.54) is 6.07 Å². The fourth-order valence-electron chi connectivity index (χ4n) is 1.72. The quantitative estimate of drug-likeness (QED) is 0.567. The molecule has 0 N–H and O–H groups in total. The molecule has 1 heterocycles. The summed E-state index contributed by atoms with van der Waals surface area (Å²) in [6, 6.07) is 6.87. The van der Waals surface area contributed by atoms with E-state index in [0.29, 0.717) is 30.2 Å². The molecular weight excluding hydrogens is 315 g/mol. The highest BCUT2D eigenvalue weighted by Gasteiger charge is 2.31. The van der Waals surface area contributed by atoms with Crippen LogP contribution in [-0.2, 0) is 10.4 Å². The maximum atomic E-state index is 12.8. The minimum atomic E-state index is -4.44. The van der Waals surface area contributed by atoms with Crippen LogP contribution in [0.1, 0.15) is 18.1 Å². The van der Waals surface area contributed by atoms with Crippen molar-refractivity contribution in [2.45, 2.75) is 20.0 Å². The number of pyridine rings is 1. The fourth-order valence-corrected chi connectivity index (χ4v) is 2.07. The van der Waals surface area contributed by atoms with Crippen LogP contribution in [0.15, 0.2) is 36.5 Å². The molecule has 2 rings (SSSR count). The number of halogens is 3. The van der Waals surface area contributed by atoms with Gasteiger partial charge < -0.3 is 4.18 Å². The van der Waals surface area contributed by atoms with E-state index in [2.05, 4.69) is 4.98 Å².